The van der Waals surface area contributed by atoms with Crippen molar-refractivity contribution in [3.05, 3.63) is 39.6 Å². The molecule has 102 valence electrons. The minimum absolute atomic E-state index is 0.0870. The maximum atomic E-state index is 13.7. The Morgan fingerprint density at radius 1 is 1.35 bits per heavy atom. The molecule has 2 aromatic rings. The van der Waals surface area contributed by atoms with Crippen molar-refractivity contribution in [3.63, 3.8) is 0 Å². The summed E-state index contributed by atoms with van der Waals surface area (Å²) >= 11 is 0. The highest BCUT2D eigenvalue weighted by Crippen LogP contribution is 2.48. The first kappa shape index (κ1) is 11.8. The van der Waals surface area contributed by atoms with Crippen LogP contribution >= 0.6 is 0 Å². The summed E-state index contributed by atoms with van der Waals surface area (Å²) in [5, 5.41) is 12.4. The Morgan fingerprint density at radius 2 is 2.15 bits per heavy atom. The molecule has 0 bridgehead atoms. The van der Waals surface area contributed by atoms with Crippen LogP contribution in [0.15, 0.2) is 16.9 Å². The third-order valence-corrected chi connectivity index (χ3v) is 4.26. The molecule has 2 aliphatic rings. The molecule has 1 N–H and O–H groups in total. The van der Waals surface area contributed by atoms with E-state index in [2.05, 4.69) is 29.4 Å². The number of rotatable bonds is 0. The maximum Gasteiger partial charge on any atom is 0.296 e. The molecule has 0 fully saturated rings. The summed E-state index contributed by atoms with van der Waals surface area (Å²) in [6.45, 7) is 4.34. The van der Waals surface area contributed by atoms with Crippen LogP contribution in [0.2, 0.25) is 0 Å². The summed E-state index contributed by atoms with van der Waals surface area (Å²) in [5.74, 6) is -0.420. The van der Waals surface area contributed by atoms with E-state index in [4.69, 9.17) is 0 Å². The van der Waals surface area contributed by atoms with Crippen LogP contribution in [0.5, 0.6) is 0 Å². The molecule has 0 spiro atoms. The van der Waals surface area contributed by atoms with Crippen molar-refractivity contribution in [2.24, 2.45) is 5.41 Å². The standard InChI is InChI=1S/C15H14FN3O/c1-15(2)5-10-13-11(6-15)18-19-14(20)8-3-7(16)4-9(17-10)12(8)13/h3-4,10,17H,5-6H2,1-2H3. The predicted molar refractivity (Wildman–Crippen MR) is 74.2 cm³/mol. The number of nitrogens with one attached hydrogen (secondary N) is 1. The Labute approximate surface area is 115 Å². The summed E-state index contributed by atoms with van der Waals surface area (Å²) in [6.07, 6.45) is 1.72. The van der Waals surface area contributed by atoms with Gasteiger partial charge in [-0.25, -0.2) is 4.39 Å². The number of anilines is 1. The zero-order valence-electron chi connectivity index (χ0n) is 11.3. The summed E-state index contributed by atoms with van der Waals surface area (Å²) < 4.78 is 13.7. The number of hydrogen-bond acceptors (Lipinski definition) is 4. The minimum Gasteiger partial charge on any atom is -0.378 e. The van der Waals surface area contributed by atoms with Gasteiger partial charge in [0, 0.05) is 16.6 Å². The van der Waals surface area contributed by atoms with Gasteiger partial charge in [0.05, 0.1) is 17.1 Å². The molecule has 0 saturated heterocycles. The Kier molecular flexibility index (Phi) is 2.08. The Morgan fingerprint density at radius 3 is 2.95 bits per heavy atom. The molecule has 5 heteroatoms. The molecule has 0 amide bonds. The first-order valence-electron chi connectivity index (χ1n) is 6.74. The molecule has 20 heavy (non-hydrogen) atoms. The van der Waals surface area contributed by atoms with Crippen molar-refractivity contribution in [2.75, 3.05) is 5.32 Å². The third kappa shape index (κ3) is 1.49. The second kappa shape index (κ2) is 3.53. The molecule has 2 heterocycles. The average Bonchev–Trinajstić information content (AvgIpc) is 2.63. The van der Waals surface area contributed by atoms with Crippen LogP contribution in [-0.4, -0.2) is 10.2 Å². The molecule has 1 unspecified atom stereocenters. The van der Waals surface area contributed by atoms with E-state index in [0.29, 0.717) is 11.1 Å². The fourth-order valence-electron chi connectivity index (χ4n) is 3.53. The van der Waals surface area contributed by atoms with E-state index in [1.165, 1.54) is 12.1 Å². The lowest BCUT2D eigenvalue weighted by Crippen LogP contribution is -2.27. The van der Waals surface area contributed by atoms with Crippen molar-refractivity contribution < 1.29 is 4.39 Å². The van der Waals surface area contributed by atoms with E-state index in [-0.39, 0.29) is 11.5 Å². The quantitative estimate of drug-likeness (QED) is 0.800. The van der Waals surface area contributed by atoms with E-state index in [1.54, 1.807) is 0 Å². The van der Waals surface area contributed by atoms with Crippen molar-refractivity contribution >= 4 is 16.5 Å². The fourth-order valence-corrected chi connectivity index (χ4v) is 3.53. The molecular formula is C15H14FN3O. The Bertz CT molecular complexity index is 816. The molecule has 1 aliphatic heterocycles. The highest BCUT2D eigenvalue weighted by atomic mass is 19.1. The SMILES string of the molecule is CC1(C)Cc2nnc(=O)c3cc(F)cc4c3c2C(C1)N4. The number of benzene rings is 1. The van der Waals surface area contributed by atoms with Gasteiger partial charge in [-0.1, -0.05) is 13.8 Å². The van der Waals surface area contributed by atoms with Crippen molar-refractivity contribution in [2.45, 2.75) is 32.7 Å². The van der Waals surface area contributed by atoms with Gasteiger partial charge in [0.1, 0.15) is 5.82 Å². The number of nitrogens with zero attached hydrogens (tertiary/aromatic N) is 2. The predicted octanol–water partition coefficient (Wildman–Crippen LogP) is 2.57. The average molecular weight is 271 g/mol. The molecule has 1 aliphatic carbocycles. The monoisotopic (exact) mass is 271 g/mol. The summed E-state index contributed by atoms with van der Waals surface area (Å²) in [4.78, 5) is 12.1. The van der Waals surface area contributed by atoms with Crippen LogP contribution in [0.1, 0.15) is 37.6 Å². The lowest BCUT2D eigenvalue weighted by molar-refractivity contribution is 0.289. The summed E-state index contributed by atoms with van der Waals surface area (Å²) in [6, 6.07) is 2.81. The van der Waals surface area contributed by atoms with Crippen molar-refractivity contribution in [3.8, 4) is 0 Å². The van der Waals surface area contributed by atoms with Crippen LogP contribution in [0, 0.1) is 11.2 Å². The Balaban J connectivity index is 2.17. The smallest absolute Gasteiger partial charge is 0.296 e. The van der Waals surface area contributed by atoms with Gasteiger partial charge in [-0.3, -0.25) is 4.79 Å². The van der Waals surface area contributed by atoms with Gasteiger partial charge in [0.15, 0.2) is 0 Å². The number of aromatic nitrogens is 2. The second-order valence-corrected chi connectivity index (χ2v) is 6.48. The fraction of sp³-hybridized carbons (Fsp3) is 0.400. The van der Waals surface area contributed by atoms with E-state index >= 15 is 0 Å². The van der Waals surface area contributed by atoms with Gasteiger partial charge in [-0.05, 0) is 30.4 Å². The highest BCUT2D eigenvalue weighted by Gasteiger charge is 2.38. The molecule has 4 rings (SSSR count). The van der Waals surface area contributed by atoms with E-state index in [9.17, 15) is 9.18 Å². The lowest BCUT2D eigenvalue weighted by atomic mass is 9.74. The van der Waals surface area contributed by atoms with Crippen molar-refractivity contribution in [1.82, 2.24) is 10.2 Å². The largest absolute Gasteiger partial charge is 0.378 e. The maximum absolute atomic E-state index is 13.7. The van der Waals surface area contributed by atoms with Crippen LogP contribution in [0.3, 0.4) is 0 Å². The third-order valence-electron chi connectivity index (χ3n) is 4.26. The topological polar surface area (TPSA) is 54.9 Å². The molecule has 0 radical (unpaired) electrons. The van der Waals surface area contributed by atoms with Crippen LogP contribution in [-0.2, 0) is 6.42 Å². The van der Waals surface area contributed by atoms with Crippen LogP contribution in [0.4, 0.5) is 10.1 Å². The van der Waals surface area contributed by atoms with Gasteiger partial charge >= 0.3 is 0 Å². The zero-order valence-corrected chi connectivity index (χ0v) is 11.3. The van der Waals surface area contributed by atoms with Gasteiger partial charge < -0.3 is 5.32 Å². The van der Waals surface area contributed by atoms with Gasteiger partial charge in [-0.15, -0.1) is 5.10 Å². The van der Waals surface area contributed by atoms with E-state index < -0.39 is 11.4 Å². The van der Waals surface area contributed by atoms with Crippen LogP contribution in [0.25, 0.3) is 10.8 Å². The summed E-state index contributed by atoms with van der Waals surface area (Å²) in [7, 11) is 0. The van der Waals surface area contributed by atoms with Gasteiger partial charge in [-0.2, -0.15) is 5.10 Å². The van der Waals surface area contributed by atoms with Crippen molar-refractivity contribution in [1.29, 1.82) is 0 Å². The van der Waals surface area contributed by atoms with Gasteiger partial charge in [0.2, 0.25) is 0 Å². The molecule has 1 aromatic carbocycles. The minimum atomic E-state index is -0.463. The lowest BCUT2D eigenvalue weighted by Gasteiger charge is -2.33. The van der Waals surface area contributed by atoms with E-state index in [1.807, 2.05) is 0 Å². The first-order valence-corrected chi connectivity index (χ1v) is 6.74. The van der Waals surface area contributed by atoms with Crippen LogP contribution < -0.4 is 10.9 Å². The number of halogens is 1. The van der Waals surface area contributed by atoms with Gasteiger partial charge in [0.25, 0.3) is 5.56 Å². The molecule has 0 saturated carbocycles. The molecular weight excluding hydrogens is 257 g/mol. The molecule has 1 atom stereocenters. The second-order valence-electron chi connectivity index (χ2n) is 6.48. The highest BCUT2D eigenvalue weighted by molar-refractivity contribution is 5.99. The molecule has 1 aromatic heterocycles. The zero-order chi connectivity index (χ0) is 14.1. The number of hydrogen-bond donors (Lipinski definition) is 1. The molecule has 4 nitrogen and oxygen atoms in total. The Hall–Kier alpha value is -2.04. The van der Waals surface area contributed by atoms with E-state index in [0.717, 1.165) is 29.5 Å². The summed E-state index contributed by atoms with van der Waals surface area (Å²) in [5.41, 5.74) is 2.20. The first-order chi connectivity index (χ1) is 9.44. The normalized spacial score (nSPS) is 21.9.